The van der Waals surface area contributed by atoms with Gasteiger partial charge in [-0.25, -0.2) is 19.9 Å². The molecule has 0 saturated heterocycles. The summed E-state index contributed by atoms with van der Waals surface area (Å²) in [5.41, 5.74) is 1.58. The first kappa shape index (κ1) is 21.7. The maximum Gasteiger partial charge on any atom is 0.238 e. The van der Waals surface area contributed by atoms with Crippen molar-refractivity contribution in [3.63, 3.8) is 0 Å². The van der Waals surface area contributed by atoms with Gasteiger partial charge in [0.25, 0.3) is 0 Å². The second-order valence-corrected chi connectivity index (χ2v) is 7.69. The molecule has 9 nitrogen and oxygen atoms in total. The highest BCUT2D eigenvalue weighted by Gasteiger charge is 2.11. The molecule has 164 valence electrons. The lowest BCUT2D eigenvalue weighted by Crippen LogP contribution is -2.19. The number of benzene rings is 1. The van der Waals surface area contributed by atoms with E-state index in [1.165, 1.54) is 6.33 Å². The fourth-order valence-electron chi connectivity index (χ4n) is 2.80. The molecule has 0 aliphatic carbocycles. The molecule has 0 atom stereocenters. The fourth-order valence-corrected chi connectivity index (χ4v) is 2.99. The maximum absolute atomic E-state index is 6.36. The van der Waals surface area contributed by atoms with Gasteiger partial charge in [-0.3, -0.25) is 4.98 Å². The van der Waals surface area contributed by atoms with E-state index in [4.69, 9.17) is 21.1 Å². The molecule has 1 aromatic carbocycles. The van der Waals surface area contributed by atoms with E-state index in [0.29, 0.717) is 34.8 Å². The molecule has 0 aliphatic heterocycles. The van der Waals surface area contributed by atoms with Gasteiger partial charge >= 0.3 is 0 Å². The summed E-state index contributed by atoms with van der Waals surface area (Å²) >= 11 is 6.36. The molecular formula is C22H22ClN7O2. The Balaban J connectivity index is 1.54. The van der Waals surface area contributed by atoms with Crippen LogP contribution in [-0.2, 0) is 0 Å². The first-order valence-electron chi connectivity index (χ1n) is 9.89. The van der Waals surface area contributed by atoms with E-state index < -0.39 is 0 Å². The van der Waals surface area contributed by atoms with Crippen molar-refractivity contribution in [1.82, 2.24) is 29.8 Å². The van der Waals surface area contributed by atoms with Crippen molar-refractivity contribution in [2.75, 3.05) is 32.6 Å². The van der Waals surface area contributed by atoms with Crippen LogP contribution in [0.15, 0.2) is 49.2 Å². The van der Waals surface area contributed by atoms with Gasteiger partial charge in [0.2, 0.25) is 5.88 Å². The Labute approximate surface area is 190 Å². The zero-order valence-corrected chi connectivity index (χ0v) is 18.7. The zero-order valence-electron chi connectivity index (χ0n) is 17.9. The molecule has 4 aromatic rings. The Kier molecular flexibility index (Phi) is 6.58. The molecule has 3 heterocycles. The molecule has 0 aliphatic rings. The number of fused-ring (bicyclic) bond motifs is 1. The molecule has 0 amide bonds. The minimum atomic E-state index is 0.279. The predicted octanol–water partition coefficient (Wildman–Crippen LogP) is 4.25. The first-order valence-corrected chi connectivity index (χ1v) is 10.3. The lowest BCUT2D eigenvalue weighted by molar-refractivity contribution is 0.260. The van der Waals surface area contributed by atoms with Crippen molar-refractivity contribution < 1.29 is 9.47 Å². The standard InChI is InChI=1S/C22H22ClN7O2/c1-14-10-25-20(12-24-14)29-21-17-8-15(4-5-19(17)27-13-28-21)32-22-18(23)9-16(11-26-22)31-7-6-30(2)3/h4-5,8-13H,6-7H2,1-3H3,(H,25,27,28,29). The largest absolute Gasteiger partial charge is 0.491 e. The molecule has 32 heavy (non-hydrogen) atoms. The van der Waals surface area contributed by atoms with Gasteiger partial charge in [-0.05, 0) is 39.2 Å². The van der Waals surface area contributed by atoms with Gasteiger partial charge in [0.15, 0.2) is 0 Å². The van der Waals surface area contributed by atoms with Crippen LogP contribution < -0.4 is 14.8 Å². The van der Waals surface area contributed by atoms with Gasteiger partial charge in [0, 0.05) is 18.0 Å². The summed E-state index contributed by atoms with van der Waals surface area (Å²) in [6, 6.07) is 7.14. The topological polar surface area (TPSA) is 98.2 Å². The van der Waals surface area contributed by atoms with Crippen molar-refractivity contribution >= 4 is 34.1 Å². The van der Waals surface area contributed by atoms with Gasteiger partial charge in [-0.2, -0.15) is 0 Å². The monoisotopic (exact) mass is 451 g/mol. The van der Waals surface area contributed by atoms with Crippen molar-refractivity contribution in [3.8, 4) is 17.4 Å². The molecular weight excluding hydrogens is 430 g/mol. The molecule has 0 spiro atoms. The van der Waals surface area contributed by atoms with Crippen LogP contribution in [0.3, 0.4) is 0 Å². The third-order valence-electron chi connectivity index (χ3n) is 4.44. The third kappa shape index (κ3) is 5.37. The maximum atomic E-state index is 6.36. The summed E-state index contributed by atoms with van der Waals surface area (Å²) in [6.45, 7) is 3.21. The highest BCUT2D eigenvalue weighted by molar-refractivity contribution is 6.32. The van der Waals surface area contributed by atoms with E-state index in [2.05, 4.69) is 30.2 Å². The number of pyridine rings is 1. The molecule has 0 unspecified atom stereocenters. The minimum absolute atomic E-state index is 0.279. The van der Waals surface area contributed by atoms with Crippen LogP contribution in [0.4, 0.5) is 11.6 Å². The SMILES string of the molecule is Cc1cnc(Nc2ncnc3ccc(Oc4ncc(OCCN(C)C)cc4Cl)cc23)cn1. The summed E-state index contributed by atoms with van der Waals surface area (Å²) in [6.07, 6.45) is 6.40. The van der Waals surface area contributed by atoms with Crippen LogP contribution in [0.1, 0.15) is 5.69 Å². The van der Waals surface area contributed by atoms with Gasteiger partial charge in [-0.15, -0.1) is 0 Å². The van der Waals surface area contributed by atoms with Crippen LogP contribution in [0.25, 0.3) is 10.9 Å². The number of anilines is 2. The number of ether oxygens (including phenoxy) is 2. The number of nitrogens with one attached hydrogen (secondary N) is 1. The number of likely N-dealkylation sites (N-methyl/N-ethyl adjacent to an activating group) is 1. The summed E-state index contributed by atoms with van der Waals surface area (Å²) in [7, 11) is 3.96. The fraction of sp³-hybridized carbons (Fsp3) is 0.227. The Morgan fingerprint density at radius 3 is 2.59 bits per heavy atom. The van der Waals surface area contributed by atoms with Crippen LogP contribution in [0.5, 0.6) is 17.4 Å². The molecule has 3 aromatic heterocycles. The first-order chi connectivity index (χ1) is 15.5. The minimum Gasteiger partial charge on any atom is -0.491 e. The van der Waals surface area contributed by atoms with Crippen molar-refractivity contribution in [3.05, 3.63) is 59.9 Å². The lowest BCUT2D eigenvalue weighted by Gasteiger charge is -2.12. The summed E-state index contributed by atoms with van der Waals surface area (Å²) in [4.78, 5) is 23.5. The van der Waals surface area contributed by atoms with Crippen molar-refractivity contribution in [2.45, 2.75) is 6.92 Å². The normalized spacial score (nSPS) is 11.0. The number of rotatable bonds is 8. The van der Waals surface area contributed by atoms with Crippen LogP contribution >= 0.6 is 11.6 Å². The summed E-state index contributed by atoms with van der Waals surface area (Å²) in [5.74, 6) is 2.57. The number of hydrogen-bond acceptors (Lipinski definition) is 9. The van der Waals surface area contributed by atoms with E-state index in [1.807, 2.05) is 38.1 Å². The van der Waals surface area contributed by atoms with E-state index >= 15 is 0 Å². The molecule has 0 fully saturated rings. The van der Waals surface area contributed by atoms with Gasteiger partial charge < -0.3 is 19.7 Å². The van der Waals surface area contributed by atoms with Crippen molar-refractivity contribution in [1.29, 1.82) is 0 Å². The van der Waals surface area contributed by atoms with Gasteiger partial charge in [-0.1, -0.05) is 11.6 Å². The Bertz CT molecular complexity index is 1220. The van der Waals surface area contributed by atoms with E-state index in [9.17, 15) is 0 Å². The van der Waals surface area contributed by atoms with Crippen molar-refractivity contribution in [2.24, 2.45) is 0 Å². The van der Waals surface area contributed by atoms with E-state index in [1.54, 1.807) is 30.7 Å². The van der Waals surface area contributed by atoms with Crippen LogP contribution in [0.2, 0.25) is 5.02 Å². The Morgan fingerprint density at radius 1 is 0.969 bits per heavy atom. The van der Waals surface area contributed by atoms with Gasteiger partial charge in [0.1, 0.15) is 41.1 Å². The molecule has 0 saturated carbocycles. The smallest absolute Gasteiger partial charge is 0.238 e. The second kappa shape index (κ2) is 9.71. The lowest BCUT2D eigenvalue weighted by atomic mass is 10.2. The highest BCUT2D eigenvalue weighted by atomic mass is 35.5. The average Bonchev–Trinajstić information content (AvgIpc) is 2.77. The Morgan fingerprint density at radius 2 is 1.84 bits per heavy atom. The van der Waals surface area contributed by atoms with Crippen LogP contribution in [-0.4, -0.2) is 57.1 Å². The van der Waals surface area contributed by atoms with E-state index in [0.717, 1.165) is 23.1 Å². The molecule has 1 N–H and O–H groups in total. The molecule has 10 heteroatoms. The highest BCUT2D eigenvalue weighted by Crippen LogP contribution is 2.32. The Hall–Kier alpha value is -3.56. The number of halogens is 1. The summed E-state index contributed by atoms with van der Waals surface area (Å²) in [5, 5.41) is 4.28. The van der Waals surface area contributed by atoms with Crippen LogP contribution in [0, 0.1) is 6.92 Å². The molecule has 0 radical (unpaired) electrons. The van der Waals surface area contributed by atoms with Gasteiger partial charge in [0.05, 0.1) is 29.8 Å². The quantitative estimate of drug-likeness (QED) is 0.421. The molecule has 0 bridgehead atoms. The summed E-state index contributed by atoms with van der Waals surface area (Å²) < 4.78 is 11.6. The zero-order chi connectivity index (χ0) is 22.5. The molecule has 4 rings (SSSR count). The number of aryl methyl sites for hydroxylation is 1. The number of nitrogens with zero attached hydrogens (tertiary/aromatic N) is 6. The predicted molar refractivity (Wildman–Crippen MR) is 123 cm³/mol. The van der Waals surface area contributed by atoms with E-state index in [-0.39, 0.29) is 5.88 Å². The third-order valence-corrected chi connectivity index (χ3v) is 4.71. The number of aromatic nitrogens is 5. The average molecular weight is 452 g/mol. The second-order valence-electron chi connectivity index (χ2n) is 7.28. The number of hydrogen-bond donors (Lipinski definition) is 1.